The summed E-state index contributed by atoms with van der Waals surface area (Å²) in [7, 11) is 0. The molecular weight excluding hydrogens is 288 g/mol. The van der Waals surface area contributed by atoms with Gasteiger partial charge in [0.05, 0.1) is 0 Å². The number of halogens is 2. The zero-order valence-corrected chi connectivity index (χ0v) is 13.9. The van der Waals surface area contributed by atoms with Crippen LogP contribution in [-0.4, -0.2) is 17.8 Å². The van der Waals surface area contributed by atoms with Crippen LogP contribution in [0.25, 0.3) is 0 Å². The highest BCUT2D eigenvalue weighted by atomic mass is 32.2. The fourth-order valence-electron chi connectivity index (χ4n) is 2.94. The quantitative estimate of drug-likeness (QED) is 0.820. The van der Waals surface area contributed by atoms with Gasteiger partial charge in [0.25, 0.3) is 0 Å². The van der Waals surface area contributed by atoms with E-state index in [1.165, 1.54) is 12.5 Å². The van der Waals surface area contributed by atoms with Crippen molar-refractivity contribution < 1.29 is 8.78 Å². The lowest BCUT2D eigenvalue weighted by atomic mass is 9.75. The van der Waals surface area contributed by atoms with Gasteiger partial charge in [0.1, 0.15) is 11.6 Å². The van der Waals surface area contributed by atoms with Crippen LogP contribution >= 0.6 is 11.8 Å². The van der Waals surface area contributed by atoms with Crippen LogP contribution in [0.15, 0.2) is 23.1 Å². The summed E-state index contributed by atoms with van der Waals surface area (Å²) in [5.74, 6) is -0.959. The molecule has 118 valence electrons. The zero-order valence-electron chi connectivity index (χ0n) is 13.1. The highest BCUT2D eigenvalue weighted by Crippen LogP contribution is 2.43. The molecule has 0 spiro atoms. The summed E-state index contributed by atoms with van der Waals surface area (Å²) in [6, 6.07) is 4.29. The third kappa shape index (κ3) is 4.68. The molecule has 0 aromatic heterocycles. The highest BCUT2D eigenvalue weighted by molar-refractivity contribution is 8.00. The van der Waals surface area contributed by atoms with Crippen molar-refractivity contribution in [3.63, 3.8) is 0 Å². The molecule has 2 atom stereocenters. The first kappa shape index (κ1) is 16.8. The van der Waals surface area contributed by atoms with E-state index in [-0.39, 0.29) is 0 Å². The van der Waals surface area contributed by atoms with E-state index in [4.69, 9.17) is 0 Å². The molecule has 0 bridgehead atoms. The van der Waals surface area contributed by atoms with Gasteiger partial charge < -0.3 is 5.32 Å². The van der Waals surface area contributed by atoms with E-state index >= 15 is 0 Å². The molecular formula is C17H25F2NS. The minimum absolute atomic E-state index is 0.290. The smallest absolute Gasteiger partial charge is 0.139 e. The Balaban J connectivity index is 2.11. The number of hydrogen-bond acceptors (Lipinski definition) is 2. The van der Waals surface area contributed by atoms with Crippen LogP contribution in [0, 0.1) is 17.0 Å². The van der Waals surface area contributed by atoms with Crippen molar-refractivity contribution in [1.29, 1.82) is 0 Å². The molecule has 0 radical (unpaired) electrons. The molecule has 1 aromatic carbocycles. The van der Waals surface area contributed by atoms with Gasteiger partial charge in [-0.15, -0.1) is 11.8 Å². The van der Waals surface area contributed by atoms with Gasteiger partial charge in [-0.25, -0.2) is 8.78 Å². The lowest BCUT2D eigenvalue weighted by Crippen LogP contribution is -2.45. The Morgan fingerprint density at radius 3 is 2.76 bits per heavy atom. The second-order valence-corrected chi connectivity index (χ2v) is 7.98. The van der Waals surface area contributed by atoms with E-state index in [1.807, 2.05) is 0 Å². The van der Waals surface area contributed by atoms with Gasteiger partial charge in [-0.1, -0.05) is 20.8 Å². The normalized spacial score (nSPS) is 25.0. The number of hydrogen-bond donors (Lipinski definition) is 1. The molecule has 1 fully saturated rings. The van der Waals surface area contributed by atoms with Crippen LogP contribution in [0.4, 0.5) is 8.78 Å². The van der Waals surface area contributed by atoms with Gasteiger partial charge in [0.15, 0.2) is 0 Å². The first-order valence-corrected chi connectivity index (χ1v) is 8.64. The summed E-state index contributed by atoms with van der Waals surface area (Å²) >= 11 is 1.56. The second kappa shape index (κ2) is 7.10. The van der Waals surface area contributed by atoms with Crippen LogP contribution in [0.3, 0.4) is 0 Å². The summed E-state index contributed by atoms with van der Waals surface area (Å²) in [5, 5.41) is 3.93. The van der Waals surface area contributed by atoms with Crippen LogP contribution in [0.1, 0.15) is 46.5 Å². The summed E-state index contributed by atoms with van der Waals surface area (Å²) < 4.78 is 26.9. The first-order valence-electron chi connectivity index (χ1n) is 7.76. The molecule has 2 unspecified atom stereocenters. The van der Waals surface area contributed by atoms with E-state index in [9.17, 15) is 8.78 Å². The minimum atomic E-state index is -0.513. The maximum absolute atomic E-state index is 13.9. The molecule has 1 saturated carbocycles. The van der Waals surface area contributed by atoms with Crippen molar-refractivity contribution in [2.45, 2.75) is 62.6 Å². The van der Waals surface area contributed by atoms with E-state index in [1.54, 1.807) is 17.8 Å². The molecule has 1 aromatic rings. The van der Waals surface area contributed by atoms with Crippen LogP contribution in [0.2, 0.25) is 0 Å². The maximum atomic E-state index is 13.9. The van der Waals surface area contributed by atoms with Gasteiger partial charge >= 0.3 is 0 Å². The van der Waals surface area contributed by atoms with Gasteiger partial charge in [0, 0.05) is 22.3 Å². The van der Waals surface area contributed by atoms with E-state index < -0.39 is 11.6 Å². The molecule has 2 rings (SSSR count). The first-order chi connectivity index (χ1) is 9.91. The van der Waals surface area contributed by atoms with Crippen molar-refractivity contribution in [1.82, 2.24) is 5.32 Å². The lowest BCUT2D eigenvalue weighted by Gasteiger charge is -2.41. The van der Waals surface area contributed by atoms with Gasteiger partial charge in [-0.2, -0.15) is 0 Å². The minimum Gasteiger partial charge on any atom is -0.313 e. The highest BCUT2D eigenvalue weighted by Gasteiger charge is 2.35. The van der Waals surface area contributed by atoms with Crippen LogP contribution in [0.5, 0.6) is 0 Å². The summed E-state index contributed by atoms with van der Waals surface area (Å²) in [5.41, 5.74) is 0.290. The molecule has 1 nitrogen and oxygen atoms in total. The Kier molecular flexibility index (Phi) is 5.67. The number of benzene rings is 1. The molecule has 1 aliphatic rings. The third-order valence-corrected chi connectivity index (χ3v) is 5.55. The molecule has 0 amide bonds. The monoisotopic (exact) mass is 313 g/mol. The van der Waals surface area contributed by atoms with Crippen LogP contribution < -0.4 is 5.32 Å². The van der Waals surface area contributed by atoms with Crippen molar-refractivity contribution in [3.8, 4) is 0 Å². The van der Waals surface area contributed by atoms with Gasteiger partial charge in [-0.3, -0.25) is 0 Å². The predicted molar refractivity (Wildman–Crippen MR) is 85.7 cm³/mol. The number of nitrogens with one attached hydrogen (secondary N) is 1. The van der Waals surface area contributed by atoms with Crippen molar-refractivity contribution in [3.05, 3.63) is 29.8 Å². The topological polar surface area (TPSA) is 12.0 Å². The average Bonchev–Trinajstić information content (AvgIpc) is 2.40. The van der Waals surface area contributed by atoms with Crippen molar-refractivity contribution in [2.24, 2.45) is 5.41 Å². The molecule has 0 aliphatic heterocycles. The summed E-state index contributed by atoms with van der Waals surface area (Å²) in [6.45, 7) is 7.70. The van der Waals surface area contributed by atoms with Crippen molar-refractivity contribution >= 4 is 11.8 Å². The lowest BCUT2D eigenvalue weighted by molar-refractivity contribution is 0.214. The second-order valence-electron chi connectivity index (χ2n) is 6.70. The predicted octanol–water partition coefficient (Wildman–Crippen LogP) is 5.00. The largest absolute Gasteiger partial charge is 0.313 e. The number of rotatable bonds is 5. The fraction of sp³-hybridized carbons (Fsp3) is 0.647. The van der Waals surface area contributed by atoms with E-state index in [0.29, 0.717) is 21.6 Å². The Morgan fingerprint density at radius 2 is 2.10 bits per heavy atom. The fourth-order valence-corrected chi connectivity index (χ4v) is 4.52. The average molecular weight is 313 g/mol. The summed E-state index contributed by atoms with van der Waals surface area (Å²) in [4.78, 5) is 0.558. The SMILES string of the molecule is CCCNC1CCC(C)(C)CC1Sc1ccc(F)cc1F. The van der Waals surface area contributed by atoms with Gasteiger partial charge in [0.2, 0.25) is 0 Å². The van der Waals surface area contributed by atoms with Crippen molar-refractivity contribution in [2.75, 3.05) is 6.54 Å². The molecule has 0 saturated heterocycles. The van der Waals surface area contributed by atoms with Gasteiger partial charge in [-0.05, 0) is 49.8 Å². The Hall–Kier alpha value is -0.610. The Labute approximate surface area is 130 Å². The number of thioether (sulfide) groups is 1. The molecule has 1 N–H and O–H groups in total. The molecule has 21 heavy (non-hydrogen) atoms. The third-order valence-electron chi connectivity index (χ3n) is 4.16. The van der Waals surface area contributed by atoms with E-state index in [2.05, 4.69) is 26.1 Å². The maximum Gasteiger partial charge on any atom is 0.139 e. The molecule has 0 heterocycles. The summed E-state index contributed by atoms with van der Waals surface area (Å²) in [6.07, 6.45) is 4.46. The van der Waals surface area contributed by atoms with Crippen LogP contribution in [-0.2, 0) is 0 Å². The molecule has 1 aliphatic carbocycles. The Bertz CT molecular complexity index is 476. The molecule has 4 heteroatoms. The zero-order chi connectivity index (χ0) is 15.5. The standard InChI is InChI=1S/C17H25F2NS/c1-4-9-20-14-7-8-17(2,3)11-16(14)21-15-6-5-12(18)10-13(15)19/h5-6,10,14,16,20H,4,7-9,11H2,1-3H3. The van der Waals surface area contributed by atoms with E-state index in [0.717, 1.165) is 31.9 Å². The Morgan fingerprint density at radius 1 is 1.33 bits per heavy atom.